The van der Waals surface area contributed by atoms with Crippen molar-refractivity contribution in [2.45, 2.75) is 29.1 Å². The van der Waals surface area contributed by atoms with Crippen molar-refractivity contribution in [2.24, 2.45) is 0 Å². The Hall–Kier alpha value is -3.74. The lowest BCUT2D eigenvalue weighted by Crippen LogP contribution is -2.47. The van der Waals surface area contributed by atoms with Crippen LogP contribution in [0, 0.1) is 0 Å². The van der Waals surface area contributed by atoms with Crippen molar-refractivity contribution >= 4 is 43.4 Å². The summed E-state index contributed by atoms with van der Waals surface area (Å²) in [5.41, 5.74) is -7.71. The number of halogens is 6. The van der Waals surface area contributed by atoms with E-state index in [2.05, 4.69) is 0 Å². The SMILES string of the molecule is O=C(O)Nc1ccc2c(c1)N(S(=O)(=O)c1cccc(C(F)(F)F)c1)CC(CC(=O)NS(=O)(=O)C(F)(F)F)O2. The van der Waals surface area contributed by atoms with Gasteiger partial charge in [0.15, 0.2) is 0 Å². The first-order chi connectivity index (χ1) is 17.3. The van der Waals surface area contributed by atoms with Gasteiger partial charge in [0.1, 0.15) is 11.9 Å². The Balaban J connectivity index is 2.03. The highest BCUT2D eigenvalue weighted by atomic mass is 32.2. The van der Waals surface area contributed by atoms with Gasteiger partial charge in [0.05, 0.1) is 29.1 Å². The van der Waals surface area contributed by atoms with Gasteiger partial charge >= 0.3 is 27.8 Å². The molecule has 0 fully saturated rings. The molecule has 1 atom stereocenters. The number of carbonyl (C=O) groups is 2. The van der Waals surface area contributed by atoms with Gasteiger partial charge in [-0.1, -0.05) is 6.07 Å². The van der Waals surface area contributed by atoms with E-state index in [-0.39, 0.29) is 17.1 Å². The van der Waals surface area contributed by atoms with Gasteiger partial charge in [-0.25, -0.2) is 17.9 Å². The third-order valence-corrected chi connectivity index (χ3v) is 7.74. The van der Waals surface area contributed by atoms with Gasteiger partial charge in [-0.05, 0) is 36.4 Å². The van der Waals surface area contributed by atoms with Crippen LogP contribution < -0.4 is 19.1 Å². The first kappa shape index (κ1) is 28.8. The molecule has 0 radical (unpaired) electrons. The number of sulfonamides is 2. The average molecular weight is 591 g/mol. The van der Waals surface area contributed by atoms with Crippen LogP contribution in [0.5, 0.6) is 5.75 Å². The van der Waals surface area contributed by atoms with E-state index < -0.39 is 73.3 Å². The zero-order valence-corrected chi connectivity index (χ0v) is 20.0. The third kappa shape index (κ3) is 6.21. The number of anilines is 2. The molecule has 0 saturated heterocycles. The van der Waals surface area contributed by atoms with Gasteiger partial charge in [0.25, 0.3) is 10.0 Å². The number of fused-ring (bicyclic) bond motifs is 1. The van der Waals surface area contributed by atoms with Gasteiger partial charge in [-0.3, -0.25) is 14.4 Å². The minimum Gasteiger partial charge on any atom is -0.486 e. The first-order valence-electron chi connectivity index (χ1n) is 9.94. The maximum atomic E-state index is 13.4. The highest BCUT2D eigenvalue weighted by Crippen LogP contribution is 2.40. The minimum atomic E-state index is -6.09. The van der Waals surface area contributed by atoms with Crippen LogP contribution >= 0.6 is 0 Å². The van der Waals surface area contributed by atoms with Crippen LogP contribution in [0.2, 0.25) is 0 Å². The molecular formula is C19H15F6N3O8S2. The van der Waals surface area contributed by atoms with E-state index in [1.54, 1.807) is 0 Å². The molecule has 0 aliphatic carbocycles. The average Bonchev–Trinajstić information content (AvgIpc) is 2.76. The first-order valence-corrected chi connectivity index (χ1v) is 12.9. The molecule has 19 heteroatoms. The molecule has 2 amide bonds. The standard InChI is InChI=1S/C19H15F6N3O8S2/c20-18(21,22)10-2-1-3-13(6-10)37(32,33)28-9-12(8-16(29)27-38(34,35)19(23,24)25)36-15-5-4-11(7-14(15)28)26-17(30)31/h1-7,12,26H,8-9H2,(H,27,29)(H,30,31). The number of amides is 2. The van der Waals surface area contributed by atoms with E-state index in [4.69, 9.17) is 9.84 Å². The van der Waals surface area contributed by atoms with Gasteiger partial charge in [-0.2, -0.15) is 34.8 Å². The molecule has 1 heterocycles. The number of rotatable bonds is 6. The Bertz CT molecular complexity index is 1480. The smallest absolute Gasteiger partial charge is 0.486 e. The van der Waals surface area contributed by atoms with E-state index in [1.165, 1.54) is 0 Å². The normalized spacial score (nSPS) is 16.3. The van der Waals surface area contributed by atoms with Gasteiger partial charge in [0.2, 0.25) is 5.91 Å². The predicted molar refractivity (Wildman–Crippen MR) is 116 cm³/mol. The summed E-state index contributed by atoms with van der Waals surface area (Å²) < 4.78 is 133. The van der Waals surface area contributed by atoms with Crippen molar-refractivity contribution in [2.75, 3.05) is 16.2 Å². The summed E-state index contributed by atoms with van der Waals surface area (Å²) in [5, 5.41) is 10.9. The number of alkyl halides is 6. The van der Waals surface area contributed by atoms with Crippen LogP contribution in [0.4, 0.5) is 42.5 Å². The molecule has 3 rings (SSSR count). The number of hydrogen-bond donors (Lipinski definition) is 3. The second-order valence-electron chi connectivity index (χ2n) is 7.59. The van der Waals surface area contributed by atoms with E-state index in [9.17, 15) is 52.8 Å². The highest BCUT2D eigenvalue weighted by Gasteiger charge is 2.47. The number of nitrogens with zero attached hydrogens (tertiary/aromatic N) is 1. The van der Waals surface area contributed by atoms with Crippen molar-refractivity contribution < 1.29 is 62.6 Å². The molecule has 38 heavy (non-hydrogen) atoms. The Kier molecular flexibility index (Phi) is 7.48. The molecule has 3 N–H and O–H groups in total. The van der Waals surface area contributed by atoms with E-state index >= 15 is 0 Å². The lowest BCUT2D eigenvalue weighted by atomic mass is 10.1. The fraction of sp³-hybridized carbons (Fsp3) is 0.263. The van der Waals surface area contributed by atoms with Crippen molar-refractivity contribution in [1.82, 2.24) is 4.72 Å². The summed E-state index contributed by atoms with van der Waals surface area (Å²) >= 11 is 0. The van der Waals surface area contributed by atoms with E-state index in [0.29, 0.717) is 16.4 Å². The van der Waals surface area contributed by atoms with Crippen LogP contribution in [-0.2, 0) is 31.0 Å². The summed E-state index contributed by atoms with van der Waals surface area (Å²) in [5.74, 6) is -2.06. The predicted octanol–water partition coefficient (Wildman–Crippen LogP) is 3.11. The molecule has 0 spiro atoms. The lowest BCUT2D eigenvalue weighted by Gasteiger charge is -2.35. The molecule has 0 aromatic heterocycles. The summed E-state index contributed by atoms with van der Waals surface area (Å²) in [7, 11) is -11.0. The number of carbonyl (C=O) groups excluding carboxylic acids is 1. The van der Waals surface area contributed by atoms with Crippen molar-refractivity contribution in [3.05, 3.63) is 48.0 Å². The summed E-state index contributed by atoms with van der Waals surface area (Å²) in [6, 6.07) is 5.66. The second kappa shape index (κ2) is 9.86. The van der Waals surface area contributed by atoms with Crippen molar-refractivity contribution in [3.63, 3.8) is 0 Å². The molecule has 0 bridgehead atoms. The lowest BCUT2D eigenvalue weighted by molar-refractivity contribution is -0.137. The summed E-state index contributed by atoms with van der Waals surface area (Å²) in [6.07, 6.45) is -9.19. The van der Waals surface area contributed by atoms with E-state index in [1.807, 2.05) is 5.32 Å². The molecule has 1 aliphatic rings. The van der Waals surface area contributed by atoms with Crippen LogP contribution in [-0.4, -0.2) is 52.1 Å². The van der Waals surface area contributed by atoms with Crippen molar-refractivity contribution in [1.29, 1.82) is 0 Å². The molecule has 208 valence electrons. The maximum Gasteiger partial charge on any atom is 0.516 e. The second-order valence-corrected chi connectivity index (χ2v) is 11.1. The number of carboxylic acid groups (broad SMARTS) is 1. The summed E-state index contributed by atoms with van der Waals surface area (Å²) in [6.45, 7) is -0.873. The Morgan fingerprint density at radius 2 is 1.68 bits per heavy atom. The van der Waals surface area contributed by atoms with Crippen molar-refractivity contribution in [3.8, 4) is 5.75 Å². The molecule has 2 aromatic rings. The van der Waals surface area contributed by atoms with Crippen LogP contribution in [0.25, 0.3) is 0 Å². The van der Waals surface area contributed by atoms with E-state index in [0.717, 1.165) is 35.1 Å². The van der Waals surface area contributed by atoms with Crippen LogP contribution in [0.1, 0.15) is 12.0 Å². The molecule has 2 aromatic carbocycles. The Morgan fingerprint density at radius 1 is 1.03 bits per heavy atom. The number of hydrogen-bond acceptors (Lipinski definition) is 7. The monoisotopic (exact) mass is 591 g/mol. The fourth-order valence-electron chi connectivity index (χ4n) is 3.26. The Morgan fingerprint density at radius 3 is 2.26 bits per heavy atom. The third-order valence-electron chi connectivity index (χ3n) is 4.86. The highest BCUT2D eigenvalue weighted by molar-refractivity contribution is 7.92. The molecule has 0 saturated carbocycles. The van der Waals surface area contributed by atoms with Gasteiger partial charge < -0.3 is 9.84 Å². The minimum absolute atomic E-state index is 0.184. The fourth-order valence-corrected chi connectivity index (χ4v) is 5.31. The number of ether oxygens (including phenoxy) is 1. The molecule has 1 aliphatic heterocycles. The van der Waals surface area contributed by atoms with Crippen LogP contribution in [0.15, 0.2) is 47.4 Å². The quantitative estimate of drug-likeness (QED) is 0.433. The van der Waals surface area contributed by atoms with Gasteiger partial charge in [0, 0.05) is 5.69 Å². The number of benzene rings is 2. The zero-order valence-electron chi connectivity index (χ0n) is 18.4. The largest absolute Gasteiger partial charge is 0.516 e. The van der Waals surface area contributed by atoms with Gasteiger partial charge in [-0.15, -0.1) is 0 Å². The maximum absolute atomic E-state index is 13.4. The Labute approximate surface area is 210 Å². The topological polar surface area (TPSA) is 159 Å². The zero-order chi connectivity index (χ0) is 28.7. The summed E-state index contributed by atoms with van der Waals surface area (Å²) in [4.78, 5) is 22.1. The molecule has 11 nitrogen and oxygen atoms in total. The molecular weight excluding hydrogens is 576 g/mol. The molecule has 1 unspecified atom stereocenters. The van der Waals surface area contributed by atoms with Crippen LogP contribution in [0.3, 0.4) is 0 Å². The number of nitrogens with one attached hydrogen (secondary N) is 2.